The molecular weight excluding hydrogens is 423 g/mol. The Hall–Kier alpha value is -3.95. The summed E-state index contributed by atoms with van der Waals surface area (Å²) in [5.41, 5.74) is 2.55. The third-order valence-corrected chi connectivity index (χ3v) is 4.94. The van der Waals surface area contributed by atoms with Crippen LogP contribution in [0.1, 0.15) is 33.8 Å². The Morgan fingerprint density at radius 2 is 2.06 bits per heavy atom. The Morgan fingerprint density at radius 1 is 1.25 bits per heavy atom. The third-order valence-electron chi connectivity index (χ3n) is 4.94. The van der Waals surface area contributed by atoms with Crippen LogP contribution in [0.25, 0.3) is 17.0 Å². The van der Waals surface area contributed by atoms with Gasteiger partial charge in [0.1, 0.15) is 11.6 Å². The third kappa shape index (κ3) is 3.86. The number of carbonyl (C=O) groups is 1. The zero-order valence-electron chi connectivity index (χ0n) is 17.1. The lowest BCUT2D eigenvalue weighted by molar-refractivity contribution is 0.0819. The van der Waals surface area contributed by atoms with Gasteiger partial charge in [0.25, 0.3) is 11.8 Å². The van der Waals surface area contributed by atoms with Gasteiger partial charge in [-0.3, -0.25) is 14.7 Å². The lowest BCUT2D eigenvalue weighted by atomic mass is 10.1. The number of rotatable bonds is 6. The number of halogens is 3. The molecule has 1 aromatic heterocycles. The Labute approximate surface area is 181 Å². The highest BCUT2D eigenvalue weighted by atomic mass is 19.3. The first-order valence-electron chi connectivity index (χ1n) is 9.59. The fraction of sp³-hybridized carbons (Fsp3) is 0.182. The van der Waals surface area contributed by atoms with Gasteiger partial charge in [-0.15, -0.1) is 10.2 Å². The number of nitrogens with zero attached hydrogens (tertiary/aromatic N) is 4. The van der Waals surface area contributed by atoms with Crippen LogP contribution in [0.5, 0.6) is 0 Å². The van der Waals surface area contributed by atoms with E-state index in [0.717, 1.165) is 5.56 Å². The van der Waals surface area contributed by atoms with Gasteiger partial charge in [-0.2, -0.15) is 8.78 Å². The van der Waals surface area contributed by atoms with Crippen LogP contribution in [-0.2, 0) is 6.54 Å². The normalized spacial score (nSPS) is 14.3. The molecule has 1 N–H and O–H groups in total. The van der Waals surface area contributed by atoms with E-state index in [1.54, 1.807) is 44.6 Å². The van der Waals surface area contributed by atoms with Gasteiger partial charge >= 0.3 is 6.43 Å². The molecule has 7 nitrogen and oxygen atoms in total. The molecule has 1 amide bonds. The zero-order chi connectivity index (χ0) is 22.8. The van der Waals surface area contributed by atoms with E-state index < -0.39 is 18.1 Å². The van der Waals surface area contributed by atoms with Crippen LogP contribution in [0.15, 0.2) is 57.7 Å². The van der Waals surface area contributed by atoms with Gasteiger partial charge in [0, 0.05) is 37.0 Å². The first kappa shape index (κ1) is 21.3. The number of aliphatic imine (C=N–C) groups is 1. The summed E-state index contributed by atoms with van der Waals surface area (Å²) < 4.78 is 44.3. The molecule has 0 bridgehead atoms. The van der Waals surface area contributed by atoms with Gasteiger partial charge in [-0.1, -0.05) is 18.2 Å². The fourth-order valence-electron chi connectivity index (χ4n) is 3.53. The van der Waals surface area contributed by atoms with Crippen molar-refractivity contribution >= 4 is 17.7 Å². The van der Waals surface area contributed by atoms with Gasteiger partial charge in [0.05, 0.1) is 6.54 Å². The summed E-state index contributed by atoms with van der Waals surface area (Å²) in [5, 5.41) is 9.97. The minimum Gasteiger partial charge on any atom is -0.415 e. The number of nitrogens with one attached hydrogen (secondary N) is 1. The van der Waals surface area contributed by atoms with E-state index in [9.17, 15) is 18.0 Å². The van der Waals surface area contributed by atoms with E-state index in [1.165, 1.54) is 23.1 Å². The zero-order valence-corrected chi connectivity index (χ0v) is 17.1. The standard InChI is InChI=1S/C22H18F3N5O2/c1-26-10-17(12-4-3-5-15(23)8-12)19(27-2)30-11-14-7-6-13(9-16(14)22(30)31)20-28-29-21(32-20)18(24)25/h3-10,18,27H,11H2,1-2H3. The summed E-state index contributed by atoms with van der Waals surface area (Å²) in [6, 6.07) is 10.9. The van der Waals surface area contributed by atoms with E-state index in [1.807, 2.05) is 0 Å². The maximum Gasteiger partial charge on any atom is 0.314 e. The summed E-state index contributed by atoms with van der Waals surface area (Å²) in [4.78, 5) is 18.8. The minimum absolute atomic E-state index is 0.0997. The van der Waals surface area contributed by atoms with Crippen molar-refractivity contribution in [3.8, 4) is 11.5 Å². The van der Waals surface area contributed by atoms with Crippen molar-refractivity contribution in [2.75, 3.05) is 14.1 Å². The van der Waals surface area contributed by atoms with Crippen LogP contribution < -0.4 is 5.32 Å². The molecule has 0 saturated heterocycles. The van der Waals surface area contributed by atoms with E-state index in [4.69, 9.17) is 4.42 Å². The molecule has 0 fully saturated rings. The van der Waals surface area contributed by atoms with E-state index in [2.05, 4.69) is 20.5 Å². The number of aromatic nitrogens is 2. The molecule has 164 valence electrons. The van der Waals surface area contributed by atoms with Crippen LogP contribution in [0.4, 0.5) is 13.2 Å². The van der Waals surface area contributed by atoms with Gasteiger partial charge in [0.2, 0.25) is 5.89 Å². The number of benzene rings is 2. The van der Waals surface area contributed by atoms with Crippen molar-refractivity contribution in [1.29, 1.82) is 0 Å². The number of hydrogen-bond donors (Lipinski definition) is 1. The van der Waals surface area contributed by atoms with Gasteiger partial charge in [0.15, 0.2) is 0 Å². The second kappa shape index (κ2) is 8.66. The quantitative estimate of drug-likeness (QED) is 0.584. The Kier molecular flexibility index (Phi) is 5.76. The molecule has 10 heteroatoms. The number of fused-ring (bicyclic) bond motifs is 1. The molecule has 0 spiro atoms. The first-order chi connectivity index (χ1) is 15.4. The molecule has 0 atom stereocenters. The largest absolute Gasteiger partial charge is 0.415 e. The maximum atomic E-state index is 13.8. The minimum atomic E-state index is -2.88. The summed E-state index contributed by atoms with van der Waals surface area (Å²) in [6.45, 7) is 0.257. The van der Waals surface area contributed by atoms with Crippen LogP contribution in [-0.4, -0.2) is 41.3 Å². The molecular formula is C22H18F3N5O2. The predicted octanol–water partition coefficient (Wildman–Crippen LogP) is 4.06. The number of allylic oxidation sites excluding steroid dienone is 1. The molecule has 0 saturated carbocycles. The summed E-state index contributed by atoms with van der Waals surface area (Å²) >= 11 is 0. The first-order valence-corrected chi connectivity index (χ1v) is 9.59. The van der Waals surface area contributed by atoms with Crippen molar-refractivity contribution < 1.29 is 22.4 Å². The van der Waals surface area contributed by atoms with E-state index in [0.29, 0.717) is 28.1 Å². The van der Waals surface area contributed by atoms with Crippen molar-refractivity contribution in [3.05, 3.63) is 76.7 Å². The highest BCUT2D eigenvalue weighted by molar-refractivity contribution is 6.12. The van der Waals surface area contributed by atoms with Crippen LogP contribution >= 0.6 is 0 Å². The molecule has 32 heavy (non-hydrogen) atoms. The summed E-state index contributed by atoms with van der Waals surface area (Å²) in [5.74, 6) is -1.17. The van der Waals surface area contributed by atoms with Gasteiger partial charge in [-0.25, -0.2) is 4.39 Å². The van der Waals surface area contributed by atoms with Crippen molar-refractivity contribution in [3.63, 3.8) is 0 Å². The maximum absolute atomic E-state index is 13.8. The summed E-state index contributed by atoms with van der Waals surface area (Å²) in [7, 11) is 3.24. The SMILES string of the molecule is CN=CC(=C(NC)N1Cc2ccc(-c3nnc(C(F)F)o3)cc2C1=O)c1cccc(F)c1. The number of carbonyl (C=O) groups excluding carboxylic acids is 1. The summed E-state index contributed by atoms with van der Waals surface area (Å²) in [6.07, 6.45) is -1.33. The molecule has 2 heterocycles. The van der Waals surface area contributed by atoms with E-state index in [-0.39, 0.29) is 18.3 Å². The molecule has 0 unspecified atom stereocenters. The second-order valence-electron chi connectivity index (χ2n) is 6.92. The topological polar surface area (TPSA) is 83.6 Å². The van der Waals surface area contributed by atoms with Crippen molar-refractivity contribution in [2.45, 2.75) is 13.0 Å². The molecule has 1 aliphatic heterocycles. The molecule has 1 aliphatic rings. The van der Waals surface area contributed by atoms with Crippen LogP contribution in [0, 0.1) is 5.82 Å². The number of amides is 1. The van der Waals surface area contributed by atoms with Crippen LogP contribution in [0.2, 0.25) is 0 Å². The number of alkyl halides is 2. The highest BCUT2D eigenvalue weighted by Gasteiger charge is 2.32. The van der Waals surface area contributed by atoms with Crippen molar-refractivity contribution in [2.24, 2.45) is 4.99 Å². The fourth-order valence-corrected chi connectivity index (χ4v) is 3.53. The van der Waals surface area contributed by atoms with Gasteiger partial charge < -0.3 is 9.73 Å². The monoisotopic (exact) mass is 441 g/mol. The highest BCUT2D eigenvalue weighted by Crippen LogP contribution is 2.32. The molecule has 4 rings (SSSR count). The number of hydrogen-bond acceptors (Lipinski definition) is 6. The lowest BCUT2D eigenvalue weighted by Gasteiger charge is -2.22. The Bertz CT molecular complexity index is 1240. The van der Waals surface area contributed by atoms with E-state index >= 15 is 0 Å². The smallest absolute Gasteiger partial charge is 0.314 e. The average Bonchev–Trinajstić information content (AvgIpc) is 3.39. The second-order valence-corrected chi connectivity index (χ2v) is 6.92. The lowest BCUT2D eigenvalue weighted by Crippen LogP contribution is -2.31. The Morgan fingerprint density at radius 3 is 2.72 bits per heavy atom. The van der Waals surface area contributed by atoms with Gasteiger partial charge in [-0.05, 0) is 35.4 Å². The molecule has 0 radical (unpaired) electrons. The molecule has 2 aromatic carbocycles. The Balaban J connectivity index is 1.73. The van der Waals surface area contributed by atoms with Crippen molar-refractivity contribution in [1.82, 2.24) is 20.4 Å². The molecule has 3 aromatic rings. The average molecular weight is 441 g/mol. The van der Waals surface area contributed by atoms with Crippen LogP contribution in [0.3, 0.4) is 0 Å². The predicted molar refractivity (Wildman–Crippen MR) is 111 cm³/mol. The molecule has 0 aliphatic carbocycles.